The lowest BCUT2D eigenvalue weighted by Crippen LogP contribution is -2.57. The van der Waals surface area contributed by atoms with E-state index in [1.54, 1.807) is 29.5 Å². The first kappa shape index (κ1) is 60.0. The molecule has 16 nitrogen and oxygen atoms in total. The van der Waals surface area contributed by atoms with Crippen LogP contribution in [0.3, 0.4) is 0 Å². The summed E-state index contributed by atoms with van der Waals surface area (Å²) in [7, 11) is 3.47. The molecule has 3 aliphatic rings. The number of aromatic nitrogens is 4. The van der Waals surface area contributed by atoms with Crippen molar-refractivity contribution in [3.8, 4) is 33.7 Å². The molecule has 0 bridgehead atoms. The van der Waals surface area contributed by atoms with Gasteiger partial charge in [-0.3, -0.25) is 29.1 Å². The van der Waals surface area contributed by atoms with E-state index in [2.05, 4.69) is 90.0 Å². The Morgan fingerprint density at radius 3 is 2.27 bits per heavy atom. The van der Waals surface area contributed by atoms with Gasteiger partial charge in [-0.25, -0.2) is 15.0 Å². The fourth-order valence-electron chi connectivity index (χ4n) is 11.3. The minimum absolute atomic E-state index is 0.0252. The number of pyridine rings is 1. The average Bonchev–Trinajstić information content (AvgIpc) is 3.51. The van der Waals surface area contributed by atoms with Gasteiger partial charge in [-0.05, 0) is 96.8 Å². The zero-order chi connectivity index (χ0) is 59.5. The highest BCUT2D eigenvalue weighted by atomic mass is 32.1. The number of nitrogens with one attached hydrogen (secondary N) is 3. The monoisotopic (exact) mass is 1160 g/mol. The predicted molar refractivity (Wildman–Crippen MR) is 337 cm³/mol. The number of ether oxygens (including phenoxy) is 1. The molecule has 17 heteroatoms. The molecule has 3 N–H and O–H groups in total. The maximum atomic E-state index is 14.3. The van der Waals surface area contributed by atoms with Crippen LogP contribution in [0.25, 0.3) is 44.9 Å². The Hall–Kier alpha value is -8.14. The number of fused-ring (bicyclic) bond motifs is 2. The highest BCUT2D eigenvalue weighted by Crippen LogP contribution is 2.31. The molecule has 4 aromatic carbocycles. The highest BCUT2D eigenvalue weighted by Gasteiger charge is 2.45. The van der Waals surface area contributed by atoms with Crippen LogP contribution < -0.4 is 16.0 Å². The molecule has 0 unspecified atom stereocenters. The van der Waals surface area contributed by atoms with Crippen molar-refractivity contribution >= 4 is 63.8 Å². The molecule has 3 aliphatic heterocycles. The number of likely N-dealkylation sites (tertiary alicyclic amines) is 1. The van der Waals surface area contributed by atoms with Crippen molar-refractivity contribution < 1.29 is 23.9 Å². The molecule has 4 amide bonds. The molecule has 85 heavy (non-hydrogen) atoms. The molecule has 440 valence electrons. The molecule has 10 rings (SSSR count). The number of nitrogens with zero attached hydrogens (tertiary/aromatic N) is 8. The molecule has 2 fully saturated rings. The molecular formula is C68H77N11O5S. The largest absolute Gasteiger partial charge is 0.380 e. The fraction of sp³-hybridized carbons (Fsp3) is 0.382. The van der Waals surface area contributed by atoms with Crippen molar-refractivity contribution in [1.82, 2.24) is 50.2 Å². The third-order valence-electron chi connectivity index (χ3n) is 16.4. The quantitative estimate of drug-likeness (QED) is 0.0398. The summed E-state index contributed by atoms with van der Waals surface area (Å²) >= 11 is 1.60. The second-order valence-electron chi connectivity index (χ2n) is 23.4. The molecule has 0 radical (unpaired) electrons. The average molecular weight is 1160 g/mol. The van der Waals surface area contributed by atoms with E-state index in [1.165, 1.54) is 0 Å². The van der Waals surface area contributed by atoms with E-state index < -0.39 is 17.5 Å². The van der Waals surface area contributed by atoms with Crippen molar-refractivity contribution in [2.45, 2.75) is 97.5 Å². The third-order valence-corrected chi connectivity index (χ3v) is 17.4. The first-order valence-electron chi connectivity index (χ1n) is 29.6. The summed E-state index contributed by atoms with van der Waals surface area (Å²) in [5.74, 6) is 7.41. The maximum Gasteiger partial charge on any atom is 0.254 e. The van der Waals surface area contributed by atoms with Crippen LogP contribution in [-0.4, -0.2) is 148 Å². The summed E-state index contributed by atoms with van der Waals surface area (Å²) in [6.07, 6.45) is 9.66. The lowest BCUT2D eigenvalue weighted by molar-refractivity contribution is -0.144. The second kappa shape index (κ2) is 27.7. The minimum atomic E-state index is -0.797. The molecule has 0 aliphatic carbocycles. The van der Waals surface area contributed by atoms with Crippen LogP contribution in [0.5, 0.6) is 0 Å². The number of hydrogen-bond donors (Lipinski definition) is 3. The van der Waals surface area contributed by atoms with Gasteiger partial charge in [-0.15, -0.1) is 11.3 Å². The normalized spacial score (nSPS) is 16.9. The van der Waals surface area contributed by atoms with Crippen molar-refractivity contribution in [3.05, 3.63) is 160 Å². The number of carbonyl (C=O) groups excluding carboxylic acids is 4. The Kier molecular flexibility index (Phi) is 19.6. The van der Waals surface area contributed by atoms with Gasteiger partial charge in [0.15, 0.2) is 5.82 Å². The number of hydrogen-bond acceptors (Lipinski definition) is 13. The lowest BCUT2D eigenvalue weighted by atomic mass is 9.85. The maximum absolute atomic E-state index is 14.3. The number of thiazole rings is 1. The number of rotatable bonds is 19. The first-order valence-corrected chi connectivity index (χ1v) is 30.5. The van der Waals surface area contributed by atoms with Gasteiger partial charge >= 0.3 is 0 Å². The van der Waals surface area contributed by atoms with E-state index in [0.717, 1.165) is 124 Å². The van der Waals surface area contributed by atoms with Crippen LogP contribution in [0.15, 0.2) is 115 Å². The van der Waals surface area contributed by atoms with Crippen LogP contribution in [0.1, 0.15) is 102 Å². The van der Waals surface area contributed by atoms with E-state index in [9.17, 15) is 19.2 Å². The third kappa shape index (κ3) is 15.2. The number of benzene rings is 4. The topological polar surface area (TPSA) is 178 Å². The van der Waals surface area contributed by atoms with Gasteiger partial charge in [-0.2, -0.15) is 0 Å². The predicted octanol–water partition coefficient (Wildman–Crippen LogP) is 9.53. The van der Waals surface area contributed by atoms with Gasteiger partial charge in [0.2, 0.25) is 17.7 Å². The van der Waals surface area contributed by atoms with Gasteiger partial charge in [0, 0.05) is 107 Å². The van der Waals surface area contributed by atoms with Crippen molar-refractivity contribution in [2.75, 3.05) is 71.8 Å². The summed E-state index contributed by atoms with van der Waals surface area (Å²) in [6, 6.07) is 32.6. The van der Waals surface area contributed by atoms with Crippen LogP contribution in [0.2, 0.25) is 0 Å². The number of amides is 4. The summed E-state index contributed by atoms with van der Waals surface area (Å²) in [5.41, 5.74) is 11.6. The van der Waals surface area contributed by atoms with Gasteiger partial charge in [0.25, 0.3) is 5.91 Å². The van der Waals surface area contributed by atoms with Gasteiger partial charge in [0.1, 0.15) is 17.9 Å². The molecule has 2 saturated heterocycles. The van der Waals surface area contributed by atoms with Gasteiger partial charge < -0.3 is 35.4 Å². The molecule has 3 atom stereocenters. The number of para-hydroxylation sites is 1. The number of anilines is 1. The number of aryl methyl sites for hydroxylation is 1. The second-order valence-corrected chi connectivity index (χ2v) is 24.3. The summed E-state index contributed by atoms with van der Waals surface area (Å²) in [6.45, 7) is 15.0. The number of carbonyl (C=O) groups is 4. The summed E-state index contributed by atoms with van der Waals surface area (Å²) < 4.78 is 5.66. The van der Waals surface area contributed by atoms with Crippen LogP contribution >= 0.6 is 11.3 Å². The molecule has 3 aromatic heterocycles. The standard InChI is InChI=1S/C68H77N11O5S/c1-46-61(85-45-72-46)51-27-25-50(26-28-51)41-71-65(81)59-40-55(84-6)43-79(59)67(83)62(68(2,3)4)74-60(80)16-8-7-11-32-76-35-37-77(38-36-76)33-12-13-47-17-19-48(20-18-47)21-22-49-23-29-52(30-24-49)66(82)78-34-31-56-58(44-78)73-63(75-64(56)69-5)54-39-53-14-9-10-15-57(53)70-42-54/h9-10,14-15,17-30,39,42,45,55,59,62H,7-8,11,16,31-38,40-41,43-44H2,1-6H3,(H,71,81)(H,74,80)(H,69,73,75)/b22-21+/t55-,59+,62-/m1/s1. The Morgan fingerprint density at radius 2 is 1.56 bits per heavy atom. The van der Waals surface area contributed by atoms with E-state index in [-0.39, 0.29) is 36.3 Å². The fourth-order valence-corrected chi connectivity index (χ4v) is 12.1. The van der Waals surface area contributed by atoms with E-state index in [4.69, 9.17) is 14.7 Å². The van der Waals surface area contributed by atoms with Crippen LogP contribution in [-0.2, 0) is 38.6 Å². The highest BCUT2D eigenvalue weighted by molar-refractivity contribution is 7.13. The SMILES string of the molecule is CNc1nc(-c2cnc3ccccc3c2)nc2c1CCN(C(=O)c1ccc(/C=C/c3ccc(C#CCN4CCN(CCCCCC(=O)N[C@H](C(=O)N5C[C@H](OC)C[C@H]5C(=O)NCc5ccc(-c6scnc6C)cc5)C(C)(C)C)CC4)cc3)cc1)C2. The summed E-state index contributed by atoms with van der Waals surface area (Å²) in [5, 5.41) is 10.4. The number of methoxy groups -OCH3 is 1. The molecular weight excluding hydrogens is 1080 g/mol. The lowest BCUT2D eigenvalue weighted by Gasteiger charge is -2.35. The zero-order valence-electron chi connectivity index (χ0n) is 49.7. The summed E-state index contributed by atoms with van der Waals surface area (Å²) in [4.78, 5) is 83.4. The first-order chi connectivity index (χ1) is 41.2. The van der Waals surface area contributed by atoms with E-state index in [0.29, 0.717) is 56.8 Å². The van der Waals surface area contributed by atoms with Crippen molar-refractivity contribution in [3.63, 3.8) is 0 Å². The van der Waals surface area contributed by atoms with Crippen molar-refractivity contribution in [1.29, 1.82) is 0 Å². The Morgan fingerprint density at radius 1 is 0.835 bits per heavy atom. The van der Waals surface area contributed by atoms with Crippen LogP contribution in [0.4, 0.5) is 5.82 Å². The van der Waals surface area contributed by atoms with Crippen molar-refractivity contribution in [2.24, 2.45) is 5.41 Å². The minimum Gasteiger partial charge on any atom is -0.380 e. The smallest absolute Gasteiger partial charge is 0.254 e. The Labute approximate surface area is 503 Å². The Bertz CT molecular complexity index is 3580. The van der Waals surface area contributed by atoms with Gasteiger partial charge in [0.05, 0.1) is 46.5 Å². The molecule has 0 saturated carbocycles. The van der Waals surface area contributed by atoms with Crippen LogP contribution in [0, 0.1) is 24.2 Å². The molecule has 0 spiro atoms. The van der Waals surface area contributed by atoms with E-state index >= 15 is 0 Å². The zero-order valence-corrected chi connectivity index (χ0v) is 50.5. The molecule has 7 aromatic rings. The number of unbranched alkanes of at least 4 members (excludes halogenated alkanes) is 2. The van der Waals surface area contributed by atoms with Gasteiger partial charge in [-0.1, -0.05) is 118 Å². The number of piperazine rings is 1. The Balaban J connectivity index is 0.615. The molecule has 6 heterocycles. The van der Waals surface area contributed by atoms with E-state index in [1.807, 2.05) is 118 Å².